The molecule has 0 radical (unpaired) electrons. The SMILES string of the molecule is COC(=O)c1ccc(CN2CCC(N)C(C)(C)C2)[nH]1. The van der Waals surface area contributed by atoms with Gasteiger partial charge in [-0.25, -0.2) is 4.79 Å². The van der Waals surface area contributed by atoms with Gasteiger partial charge in [0.25, 0.3) is 0 Å². The lowest BCUT2D eigenvalue weighted by Gasteiger charge is -2.42. The van der Waals surface area contributed by atoms with Gasteiger partial charge in [-0.3, -0.25) is 4.90 Å². The molecule has 0 aromatic carbocycles. The number of carbonyl (C=O) groups excluding carboxylic acids is 1. The number of rotatable bonds is 3. The van der Waals surface area contributed by atoms with Gasteiger partial charge in [0, 0.05) is 31.4 Å². The molecule has 1 aromatic heterocycles. The third-order valence-electron chi connectivity index (χ3n) is 3.94. The summed E-state index contributed by atoms with van der Waals surface area (Å²) in [6.45, 7) is 7.20. The van der Waals surface area contributed by atoms with Crippen LogP contribution >= 0.6 is 0 Å². The molecule has 1 saturated heterocycles. The van der Waals surface area contributed by atoms with E-state index >= 15 is 0 Å². The Balaban J connectivity index is 1.98. The number of aromatic nitrogens is 1. The van der Waals surface area contributed by atoms with E-state index in [1.165, 1.54) is 7.11 Å². The number of nitrogens with one attached hydrogen (secondary N) is 1. The van der Waals surface area contributed by atoms with Crippen LogP contribution in [0.15, 0.2) is 12.1 Å². The van der Waals surface area contributed by atoms with Gasteiger partial charge in [0.05, 0.1) is 7.11 Å². The van der Waals surface area contributed by atoms with Crippen LogP contribution in [0.3, 0.4) is 0 Å². The largest absolute Gasteiger partial charge is 0.464 e. The number of ether oxygens (including phenoxy) is 1. The second-order valence-corrected chi connectivity index (χ2v) is 5.98. The van der Waals surface area contributed by atoms with Gasteiger partial charge in [-0.15, -0.1) is 0 Å². The van der Waals surface area contributed by atoms with E-state index in [1.54, 1.807) is 6.07 Å². The molecule has 0 aliphatic carbocycles. The van der Waals surface area contributed by atoms with Crippen LogP contribution in [0.2, 0.25) is 0 Å². The van der Waals surface area contributed by atoms with E-state index in [4.69, 9.17) is 5.73 Å². The topological polar surface area (TPSA) is 71.3 Å². The van der Waals surface area contributed by atoms with Crippen molar-refractivity contribution in [3.63, 3.8) is 0 Å². The second-order valence-electron chi connectivity index (χ2n) is 5.98. The quantitative estimate of drug-likeness (QED) is 0.810. The Morgan fingerprint density at radius 1 is 1.58 bits per heavy atom. The minimum absolute atomic E-state index is 0.135. The Morgan fingerprint density at radius 3 is 2.95 bits per heavy atom. The minimum atomic E-state index is -0.327. The number of nitrogens with two attached hydrogens (primary N) is 1. The summed E-state index contributed by atoms with van der Waals surface area (Å²) in [7, 11) is 1.39. The molecular weight excluding hydrogens is 242 g/mol. The first-order chi connectivity index (χ1) is 8.92. The highest BCUT2D eigenvalue weighted by Crippen LogP contribution is 2.28. The van der Waals surface area contributed by atoms with Gasteiger partial charge >= 0.3 is 5.97 Å². The molecule has 0 bridgehead atoms. The minimum Gasteiger partial charge on any atom is -0.464 e. The predicted molar refractivity (Wildman–Crippen MR) is 73.8 cm³/mol. The Morgan fingerprint density at radius 2 is 2.32 bits per heavy atom. The molecule has 1 unspecified atom stereocenters. The van der Waals surface area contributed by atoms with Crippen LogP contribution in [0.4, 0.5) is 0 Å². The summed E-state index contributed by atoms with van der Waals surface area (Å²) in [5.74, 6) is -0.327. The number of hydrogen-bond acceptors (Lipinski definition) is 4. The molecule has 2 rings (SSSR count). The maximum atomic E-state index is 11.4. The molecular formula is C14H23N3O2. The molecule has 1 aliphatic heterocycles. The smallest absolute Gasteiger partial charge is 0.354 e. The summed E-state index contributed by atoms with van der Waals surface area (Å²) in [5.41, 5.74) is 7.81. The Bertz CT molecular complexity index is 453. The van der Waals surface area contributed by atoms with Crippen LogP contribution in [0.25, 0.3) is 0 Å². The van der Waals surface area contributed by atoms with Crippen molar-refractivity contribution in [2.24, 2.45) is 11.1 Å². The van der Waals surface area contributed by atoms with Crippen molar-refractivity contribution in [1.82, 2.24) is 9.88 Å². The van der Waals surface area contributed by atoms with Crippen LogP contribution in [-0.4, -0.2) is 42.1 Å². The molecule has 0 saturated carbocycles. The summed E-state index contributed by atoms with van der Waals surface area (Å²) in [6.07, 6.45) is 1.01. The lowest BCUT2D eigenvalue weighted by molar-refractivity contribution is 0.0593. The van der Waals surface area contributed by atoms with E-state index < -0.39 is 0 Å². The fourth-order valence-electron chi connectivity index (χ4n) is 2.62. The van der Waals surface area contributed by atoms with E-state index in [2.05, 4.69) is 28.5 Å². The summed E-state index contributed by atoms with van der Waals surface area (Å²) >= 11 is 0. The number of esters is 1. The van der Waals surface area contributed by atoms with Crippen molar-refractivity contribution in [3.05, 3.63) is 23.5 Å². The fraction of sp³-hybridized carbons (Fsp3) is 0.643. The second kappa shape index (κ2) is 5.35. The van der Waals surface area contributed by atoms with E-state index in [-0.39, 0.29) is 17.4 Å². The molecule has 3 N–H and O–H groups in total. The molecule has 1 atom stereocenters. The molecule has 0 amide bonds. The Labute approximate surface area is 114 Å². The zero-order valence-corrected chi connectivity index (χ0v) is 11.9. The highest BCUT2D eigenvalue weighted by atomic mass is 16.5. The van der Waals surface area contributed by atoms with Crippen molar-refractivity contribution in [3.8, 4) is 0 Å². The van der Waals surface area contributed by atoms with Gasteiger partial charge in [0.2, 0.25) is 0 Å². The van der Waals surface area contributed by atoms with Crippen LogP contribution in [-0.2, 0) is 11.3 Å². The average molecular weight is 265 g/mol. The number of methoxy groups -OCH3 is 1. The van der Waals surface area contributed by atoms with Gasteiger partial charge in [-0.1, -0.05) is 13.8 Å². The lowest BCUT2D eigenvalue weighted by Crippen LogP contribution is -2.52. The number of hydrogen-bond donors (Lipinski definition) is 2. The number of likely N-dealkylation sites (tertiary alicyclic amines) is 1. The first-order valence-corrected chi connectivity index (χ1v) is 6.66. The summed E-state index contributed by atoms with van der Waals surface area (Å²) in [6, 6.07) is 3.97. The van der Waals surface area contributed by atoms with Crippen molar-refractivity contribution in [1.29, 1.82) is 0 Å². The first-order valence-electron chi connectivity index (χ1n) is 6.66. The van der Waals surface area contributed by atoms with E-state index in [0.717, 1.165) is 31.7 Å². The van der Waals surface area contributed by atoms with Gasteiger partial charge in [0.1, 0.15) is 5.69 Å². The van der Waals surface area contributed by atoms with E-state index in [0.29, 0.717) is 5.69 Å². The lowest BCUT2D eigenvalue weighted by atomic mass is 9.80. The van der Waals surface area contributed by atoms with Gasteiger partial charge in [-0.2, -0.15) is 0 Å². The van der Waals surface area contributed by atoms with Crippen LogP contribution in [0, 0.1) is 5.41 Å². The number of aromatic amines is 1. The standard InChI is InChI=1S/C14H23N3O2/c1-14(2)9-17(7-6-12(14)15)8-10-4-5-11(16-10)13(18)19-3/h4-5,12,16H,6-9,15H2,1-3H3. The van der Waals surface area contributed by atoms with Crippen LogP contribution in [0.5, 0.6) is 0 Å². The van der Waals surface area contributed by atoms with E-state index in [9.17, 15) is 4.79 Å². The highest BCUT2D eigenvalue weighted by molar-refractivity contribution is 5.87. The van der Waals surface area contributed by atoms with Gasteiger partial charge < -0.3 is 15.5 Å². The molecule has 2 heterocycles. The number of piperidine rings is 1. The molecule has 5 heteroatoms. The molecule has 19 heavy (non-hydrogen) atoms. The first kappa shape index (κ1) is 14.1. The van der Waals surface area contributed by atoms with Gasteiger partial charge in [0.15, 0.2) is 0 Å². The molecule has 1 aromatic rings. The predicted octanol–water partition coefficient (Wildman–Crippen LogP) is 1.36. The number of H-pyrrole nitrogens is 1. The van der Waals surface area contributed by atoms with Crippen LogP contribution < -0.4 is 5.73 Å². The fourth-order valence-corrected chi connectivity index (χ4v) is 2.62. The summed E-state index contributed by atoms with van der Waals surface area (Å²) < 4.78 is 4.69. The third kappa shape index (κ3) is 3.16. The average Bonchev–Trinajstić information content (AvgIpc) is 2.81. The van der Waals surface area contributed by atoms with Crippen LogP contribution in [0.1, 0.15) is 36.5 Å². The zero-order valence-electron chi connectivity index (χ0n) is 11.9. The molecule has 1 aliphatic rings. The van der Waals surface area contributed by atoms with E-state index in [1.807, 2.05) is 6.07 Å². The number of nitrogens with zero attached hydrogens (tertiary/aromatic N) is 1. The molecule has 1 fully saturated rings. The highest BCUT2D eigenvalue weighted by Gasteiger charge is 2.33. The maximum absolute atomic E-state index is 11.4. The van der Waals surface area contributed by atoms with Crippen molar-refractivity contribution in [2.45, 2.75) is 32.9 Å². The summed E-state index contributed by atoms with van der Waals surface area (Å²) in [5, 5.41) is 0. The Kier molecular flexibility index (Phi) is 3.96. The third-order valence-corrected chi connectivity index (χ3v) is 3.94. The van der Waals surface area contributed by atoms with Gasteiger partial charge in [-0.05, 0) is 24.0 Å². The normalized spacial score (nSPS) is 23.3. The maximum Gasteiger partial charge on any atom is 0.354 e. The Hall–Kier alpha value is -1.33. The monoisotopic (exact) mass is 265 g/mol. The van der Waals surface area contributed by atoms with Crippen molar-refractivity contribution in [2.75, 3.05) is 20.2 Å². The van der Waals surface area contributed by atoms with Crippen molar-refractivity contribution >= 4 is 5.97 Å². The number of carbonyl (C=O) groups is 1. The summed E-state index contributed by atoms with van der Waals surface area (Å²) in [4.78, 5) is 16.9. The van der Waals surface area contributed by atoms with Crippen molar-refractivity contribution < 1.29 is 9.53 Å². The zero-order chi connectivity index (χ0) is 14.0. The molecule has 106 valence electrons. The molecule has 0 spiro atoms. The molecule has 5 nitrogen and oxygen atoms in total.